The van der Waals surface area contributed by atoms with Crippen LogP contribution < -0.4 is 19.3 Å². The number of hydrogen-bond donors (Lipinski definition) is 1. The highest BCUT2D eigenvalue weighted by Gasteiger charge is 2.23. The molecule has 1 aliphatic heterocycles. The van der Waals surface area contributed by atoms with E-state index in [2.05, 4.69) is 41.3 Å². The highest BCUT2D eigenvalue weighted by Crippen LogP contribution is 2.27. The summed E-state index contributed by atoms with van der Waals surface area (Å²) in [6.07, 6.45) is 0. The molecule has 134 valence electrons. The van der Waals surface area contributed by atoms with Gasteiger partial charge in [-0.25, -0.2) is 0 Å². The van der Waals surface area contributed by atoms with Gasteiger partial charge in [-0.2, -0.15) is 0 Å². The number of nitrogens with one attached hydrogen (secondary N) is 1. The second-order valence-electron chi connectivity index (χ2n) is 6.36. The molecule has 0 amide bonds. The van der Waals surface area contributed by atoms with E-state index in [9.17, 15) is 0 Å². The van der Waals surface area contributed by atoms with Crippen LogP contribution in [0, 0.1) is 0 Å². The quantitative estimate of drug-likeness (QED) is 0.837. The zero-order valence-electron chi connectivity index (χ0n) is 15.3. The molecule has 25 heavy (non-hydrogen) atoms. The molecule has 1 N–H and O–H groups in total. The van der Waals surface area contributed by atoms with Crippen LogP contribution >= 0.6 is 0 Å². The molecule has 1 aliphatic rings. The Morgan fingerprint density at radius 1 is 0.840 bits per heavy atom. The fourth-order valence-corrected chi connectivity index (χ4v) is 3.45. The molecule has 1 heterocycles. The number of ether oxygens (including phenoxy) is 2. The summed E-state index contributed by atoms with van der Waals surface area (Å²) in [5.74, 6) is 2.02. The normalized spacial score (nSPS) is 15.2. The van der Waals surface area contributed by atoms with Gasteiger partial charge in [-0.05, 0) is 38.1 Å². The van der Waals surface area contributed by atoms with Gasteiger partial charge >= 0.3 is 0 Å². The molecule has 0 aromatic heterocycles. The lowest BCUT2D eigenvalue weighted by Gasteiger charge is -2.34. The van der Waals surface area contributed by atoms with E-state index in [-0.39, 0.29) is 0 Å². The Kier molecular flexibility index (Phi) is 6.18. The van der Waals surface area contributed by atoms with E-state index < -0.39 is 0 Å². The van der Waals surface area contributed by atoms with Gasteiger partial charge in [0.1, 0.15) is 18.0 Å². The second-order valence-corrected chi connectivity index (χ2v) is 6.36. The van der Waals surface area contributed by atoms with Gasteiger partial charge in [-0.1, -0.05) is 24.3 Å². The van der Waals surface area contributed by atoms with Gasteiger partial charge in [-0.15, -0.1) is 0 Å². The van der Waals surface area contributed by atoms with Crippen molar-refractivity contribution in [2.24, 2.45) is 0 Å². The van der Waals surface area contributed by atoms with Crippen LogP contribution in [0.25, 0.3) is 0 Å². The number of benzene rings is 2. The van der Waals surface area contributed by atoms with Crippen LogP contribution in [0.2, 0.25) is 0 Å². The second kappa shape index (κ2) is 8.77. The molecule has 2 aromatic rings. The molecule has 4 heteroatoms. The molecular formula is C21H29N2O2+. The Labute approximate surface area is 151 Å². The molecule has 0 unspecified atom stereocenters. The highest BCUT2D eigenvalue weighted by atomic mass is 16.5. The van der Waals surface area contributed by atoms with Crippen molar-refractivity contribution >= 4 is 5.69 Å². The minimum atomic E-state index is 0.705. The van der Waals surface area contributed by atoms with Gasteiger partial charge < -0.3 is 19.3 Å². The van der Waals surface area contributed by atoms with Crippen LogP contribution in [0.1, 0.15) is 19.4 Å². The van der Waals surface area contributed by atoms with Gasteiger partial charge in [0.05, 0.1) is 45.1 Å². The maximum atomic E-state index is 5.79. The van der Waals surface area contributed by atoms with E-state index in [0.29, 0.717) is 13.2 Å². The lowest BCUT2D eigenvalue weighted by Crippen LogP contribution is -3.13. The lowest BCUT2D eigenvalue weighted by atomic mass is 10.1. The van der Waals surface area contributed by atoms with E-state index in [4.69, 9.17) is 9.47 Å². The Balaban J connectivity index is 1.61. The van der Waals surface area contributed by atoms with Crippen molar-refractivity contribution < 1.29 is 14.4 Å². The molecular weight excluding hydrogens is 312 g/mol. The van der Waals surface area contributed by atoms with E-state index in [1.165, 1.54) is 11.3 Å². The van der Waals surface area contributed by atoms with Crippen LogP contribution in [-0.2, 0) is 6.54 Å². The molecule has 4 nitrogen and oxygen atoms in total. The summed E-state index contributed by atoms with van der Waals surface area (Å²) in [7, 11) is 0. The minimum Gasteiger partial charge on any atom is -0.493 e. The summed E-state index contributed by atoms with van der Waals surface area (Å²) in [4.78, 5) is 4.06. The molecule has 0 aliphatic carbocycles. The number of para-hydroxylation sites is 3. The molecule has 0 bridgehead atoms. The summed E-state index contributed by atoms with van der Waals surface area (Å²) in [6, 6.07) is 16.8. The van der Waals surface area contributed by atoms with Gasteiger partial charge in [0.25, 0.3) is 0 Å². The molecule has 0 radical (unpaired) electrons. The fourth-order valence-electron chi connectivity index (χ4n) is 3.45. The van der Waals surface area contributed by atoms with Crippen LogP contribution in [0.15, 0.2) is 48.5 Å². The van der Waals surface area contributed by atoms with Crippen molar-refractivity contribution in [1.29, 1.82) is 0 Å². The summed E-state index contributed by atoms with van der Waals surface area (Å²) >= 11 is 0. The van der Waals surface area contributed by atoms with Gasteiger partial charge in [0, 0.05) is 5.56 Å². The first-order chi connectivity index (χ1) is 12.3. The van der Waals surface area contributed by atoms with Crippen molar-refractivity contribution in [3.8, 4) is 11.5 Å². The summed E-state index contributed by atoms with van der Waals surface area (Å²) in [6.45, 7) is 10.9. The third kappa shape index (κ3) is 4.45. The zero-order valence-corrected chi connectivity index (χ0v) is 15.3. The standard InChI is InChI=1S/C21H28N2O2/c1-3-24-20-11-7-5-9-18(20)17-22-13-15-23(16-14-22)19-10-6-8-12-21(19)25-4-2/h5-12H,3-4,13-17H2,1-2H3/p+1. The highest BCUT2D eigenvalue weighted by molar-refractivity contribution is 5.58. The summed E-state index contributed by atoms with van der Waals surface area (Å²) in [5.41, 5.74) is 2.53. The molecule has 0 saturated carbocycles. The maximum Gasteiger partial charge on any atom is 0.142 e. The van der Waals surface area contributed by atoms with E-state index in [1.54, 1.807) is 4.90 Å². The average Bonchev–Trinajstić information content (AvgIpc) is 2.65. The Morgan fingerprint density at radius 3 is 2.16 bits per heavy atom. The van der Waals surface area contributed by atoms with Crippen LogP contribution in [0.4, 0.5) is 5.69 Å². The largest absolute Gasteiger partial charge is 0.493 e. The predicted octanol–water partition coefficient (Wildman–Crippen LogP) is 2.39. The van der Waals surface area contributed by atoms with Crippen LogP contribution in [0.5, 0.6) is 11.5 Å². The van der Waals surface area contributed by atoms with E-state index in [0.717, 1.165) is 44.2 Å². The van der Waals surface area contributed by atoms with Crippen LogP contribution in [-0.4, -0.2) is 39.4 Å². The molecule has 2 aromatic carbocycles. The number of rotatable bonds is 7. The number of anilines is 1. The van der Waals surface area contributed by atoms with Crippen LogP contribution in [0.3, 0.4) is 0 Å². The van der Waals surface area contributed by atoms with Gasteiger partial charge in [0.15, 0.2) is 0 Å². The van der Waals surface area contributed by atoms with Crippen molar-refractivity contribution in [2.45, 2.75) is 20.4 Å². The number of quaternary nitrogens is 1. The molecule has 1 saturated heterocycles. The first kappa shape index (κ1) is 17.6. The minimum absolute atomic E-state index is 0.705. The van der Waals surface area contributed by atoms with E-state index >= 15 is 0 Å². The molecule has 0 spiro atoms. The Hall–Kier alpha value is -2.20. The number of hydrogen-bond acceptors (Lipinski definition) is 3. The first-order valence-electron chi connectivity index (χ1n) is 9.32. The predicted molar refractivity (Wildman–Crippen MR) is 102 cm³/mol. The van der Waals surface area contributed by atoms with Gasteiger partial charge in [-0.3, -0.25) is 0 Å². The first-order valence-corrected chi connectivity index (χ1v) is 9.32. The van der Waals surface area contributed by atoms with E-state index in [1.807, 2.05) is 26.0 Å². The molecule has 1 fully saturated rings. The lowest BCUT2D eigenvalue weighted by molar-refractivity contribution is -0.914. The maximum absolute atomic E-state index is 5.79. The SMILES string of the molecule is CCOc1ccccc1C[NH+]1CCN(c2ccccc2OCC)CC1. The monoisotopic (exact) mass is 341 g/mol. The van der Waals surface area contributed by atoms with Crippen molar-refractivity contribution in [3.63, 3.8) is 0 Å². The summed E-state index contributed by atoms with van der Waals surface area (Å²) in [5, 5.41) is 0. The third-order valence-corrected chi connectivity index (χ3v) is 4.69. The van der Waals surface area contributed by atoms with Crippen molar-refractivity contribution in [3.05, 3.63) is 54.1 Å². The molecule has 0 atom stereocenters. The number of piperazine rings is 1. The smallest absolute Gasteiger partial charge is 0.142 e. The van der Waals surface area contributed by atoms with Crippen molar-refractivity contribution in [1.82, 2.24) is 0 Å². The van der Waals surface area contributed by atoms with Gasteiger partial charge in [0.2, 0.25) is 0 Å². The fraction of sp³-hybridized carbons (Fsp3) is 0.429. The van der Waals surface area contributed by atoms with Crippen molar-refractivity contribution in [2.75, 3.05) is 44.3 Å². The Bertz CT molecular complexity index is 666. The molecule has 3 rings (SSSR count). The topological polar surface area (TPSA) is 26.1 Å². The number of nitrogens with zero attached hydrogens (tertiary/aromatic N) is 1. The Morgan fingerprint density at radius 2 is 1.44 bits per heavy atom. The average molecular weight is 341 g/mol. The summed E-state index contributed by atoms with van der Waals surface area (Å²) < 4.78 is 11.6. The zero-order chi connectivity index (χ0) is 17.5. The third-order valence-electron chi connectivity index (χ3n) is 4.69.